The minimum Gasteiger partial charge on any atom is -0.319 e. The Kier molecular flexibility index (Phi) is 3.99. The van der Waals surface area contributed by atoms with Gasteiger partial charge in [0, 0.05) is 4.47 Å². The van der Waals surface area contributed by atoms with Gasteiger partial charge in [-0.25, -0.2) is 0 Å². The molecule has 94 valence electrons. The number of benzene rings is 1. The van der Waals surface area contributed by atoms with E-state index in [-0.39, 0.29) is 15.4 Å². The second-order valence-corrected chi connectivity index (χ2v) is 6.17. The van der Waals surface area contributed by atoms with Crippen molar-refractivity contribution in [2.75, 3.05) is 5.32 Å². The number of carbonyl (C=O) groups is 1. The molecule has 1 N–H and O–H groups in total. The molecule has 0 aliphatic carbocycles. The fourth-order valence-electron chi connectivity index (χ4n) is 1.54. The highest BCUT2D eigenvalue weighted by Crippen LogP contribution is 2.28. The van der Waals surface area contributed by atoms with Gasteiger partial charge in [-0.1, -0.05) is 17.4 Å². The van der Waals surface area contributed by atoms with Crippen molar-refractivity contribution in [3.05, 3.63) is 37.2 Å². The van der Waals surface area contributed by atoms with E-state index in [1.165, 1.54) is 0 Å². The van der Waals surface area contributed by atoms with Crippen LogP contribution >= 0.6 is 38.9 Å². The number of carbonyl (C=O) groups excluding carboxylic acids is 1. The fourth-order valence-corrected chi connectivity index (χ4v) is 3.03. The zero-order valence-corrected chi connectivity index (χ0v) is 12.8. The van der Waals surface area contributed by atoms with E-state index in [1.54, 1.807) is 0 Å². The molecule has 2 rings (SSSR count). The second kappa shape index (κ2) is 5.34. The molecule has 2 aromatic rings. The lowest BCUT2D eigenvalue weighted by atomic mass is 10.1. The average Bonchev–Trinajstić information content (AvgIpc) is 2.70. The van der Waals surface area contributed by atoms with Gasteiger partial charge in [-0.05, 0) is 58.6 Å². The van der Waals surface area contributed by atoms with Gasteiger partial charge >= 0.3 is 0 Å². The summed E-state index contributed by atoms with van der Waals surface area (Å²) in [6.45, 7) is 3.92. The highest BCUT2D eigenvalue weighted by Gasteiger charge is 2.15. The van der Waals surface area contributed by atoms with E-state index >= 15 is 0 Å². The summed E-state index contributed by atoms with van der Waals surface area (Å²) in [5.74, 6) is -0.313. The first-order valence-electron chi connectivity index (χ1n) is 5.04. The predicted molar refractivity (Wildman–Crippen MR) is 76.5 cm³/mol. The SMILES string of the molecule is Cc1cc(C)c(NC(=O)c2nnc(Cl)s2)c(Br)c1. The third kappa shape index (κ3) is 2.88. The van der Waals surface area contributed by atoms with Crippen LogP contribution in [0.1, 0.15) is 20.9 Å². The smallest absolute Gasteiger partial charge is 0.286 e. The van der Waals surface area contributed by atoms with Gasteiger partial charge in [-0.3, -0.25) is 4.79 Å². The minimum absolute atomic E-state index is 0.242. The van der Waals surface area contributed by atoms with E-state index in [4.69, 9.17) is 11.6 Å². The van der Waals surface area contributed by atoms with Crippen LogP contribution in [0.5, 0.6) is 0 Å². The molecule has 1 aromatic heterocycles. The molecule has 0 bridgehead atoms. The second-order valence-electron chi connectivity index (χ2n) is 3.75. The summed E-state index contributed by atoms with van der Waals surface area (Å²) in [6.07, 6.45) is 0. The molecule has 1 heterocycles. The first kappa shape index (κ1) is 13.5. The van der Waals surface area contributed by atoms with Crippen molar-refractivity contribution >= 4 is 50.5 Å². The first-order valence-corrected chi connectivity index (χ1v) is 7.03. The Morgan fingerprint density at radius 1 is 1.39 bits per heavy atom. The molecule has 0 radical (unpaired) electrons. The zero-order valence-electron chi connectivity index (χ0n) is 9.62. The quantitative estimate of drug-likeness (QED) is 0.899. The molecule has 0 unspecified atom stereocenters. The number of nitrogens with one attached hydrogen (secondary N) is 1. The molecular weight excluding hydrogens is 338 g/mol. The highest BCUT2D eigenvalue weighted by atomic mass is 79.9. The largest absolute Gasteiger partial charge is 0.319 e. The summed E-state index contributed by atoms with van der Waals surface area (Å²) >= 11 is 10.1. The van der Waals surface area contributed by atoms with E-state index < -0.39 is 0 Å². The predicted octanol–water partition coefficient (Wildman–Crippen LogP) is 3.82. The van der Waals surface area contributed by atoms with Crippen LogP contribution in [-0.2, 0) is 0 Å². The molecule has 0 aliphatic heterocycles. The van der Waals surface area contributed by atoms with Crippen LogP contribution in [0.2, 0.25) is 4.47 Å². The van der Waals surface area contributed by atoms with Crippen LogP contribution in [-0.4, -0.2) is 16.1 Å². The van der Waals surface area contributed by atoms with Gasteiger partial charge in [0.15, 0.2) is 0 Å². The Labute approximate surface area is 122 Å². The Balaban J connectivity index is 2.27. The van der Waals surface area contributed by atoms with E-state index in [2.05, 4.69) is 31.4 Å². The molecule has 1 amide bonds. The van der Waals surface area contributed by atoms with Crippen molar-refractivity contribution in [1.29, 1.82) is 0 Å². The van der Waals surface area contributed by atoms with Crippen LogP contribution in [0.3, 0.4) is 0 Å². The van der Waals surface area contributed by atoms with Crippen LogP contribution in [0.4, 0.5) is 5.69 Å². The lowest BCUT2D eigenvalue weighted by Gasteiger charge is -2.10. The number of amides is 1. The molecule has 1 aromatic carbocycles. The van der Waals surface area contributed by atoms with Crippen LogP contribution in [0, 0.1) is 13.8 Å². The summed E-state index contributed by atoms with van der Waals surface area (Å²) in [5, 5.41) is 10.3. The van der Waals surface area contributed by atoms with Gasteiger partial charge in [-0.2, -0.15) is 0 Å². The number of halogens is 2. The normalized spacial score (nSPS) is 10.4. The molecule has 0 spiro atoms. The van der Waals surface area contributed by atoms with Gasteiger partial charge in [0.05, 0.1) is 5.69 Å². The number of aromatic nitrogens is 2. The molecule has 0 atom stereocenters. The summed E-state index contributed by atoms with van der Waals surface area (Å²) in [7, 11) is 0. The van der Waals surface area contributed by atoms with Crippen molar-refractivity contribution in [2.45, 2.75) is 13.8 Å². The number of rotatable bonds is 2. The maximum atomic E-state index is 11.9. The van der Waals surface area contributed by atoms with Crippen LogP contribution < -0.4 is 5.32 Å². The van der Waals surface area contributed by atoms with E-state index in [9.17, 15) is 4.79 Å². The van der Waals surface area contributed by atoms with Gasteiger partial charge in [0.1, 0.15) is 0 Å². The number of nitrogens with zero attached hydrogens (tertiary/aromatic N) is 2. The van der Waals surface area contributed by atoms with Gasteiger partial charge < -0.3 is 5.32 Å². The summed E-state index contributed by atoms with van der Waals surface area (Å²) in [6, 6.07) is 3.93. The number of anilines is 1. The number of hydrogen-bond acceptors (Lipinski definition) is 4. The zero-order chi connectivity index (χ0) is 13.3. The lowest BCUT2D eigenvalue weighted by Crippen LogP contribution is -2.13. The van der Waals surface area contributed by atoms with Crippen LogP contribution in [0.15, 0.2) is 16.6 Å². The molecule has 18 heavy (non-hydrogen) atoms. The third-order valence-electron chi connectivity index (χ3n) is 2.26. The molecule has 0 saturated carbocycles. The molecule has 0 saturated heterocycles. The molecular formula is C11H9BrClN3OS. The summed E-state index contributed by atoms with van der Waals surface area (Å²) in [4.78, 5) is 11.9. The van der Waals surface area contributed by atoms with Gasteiger partial charge in [-0.15, -0.1) is 10.2 Å². The molecule has 4 nitrogen and oxygen atoms in total. The van der Waals surface area contributed by atoms with Crippen molar-refractivity contribution in [3.63, 3.8) is 0 Å². The van der Waals surface area contributed by atoms with Crippen molar-refractivity contribution in [3.8, 4) is 0 Å². The standard InChI is InChI=1S/C11H9BrClN3OS/c1-5-3-6(2)8(7(12)4-5)14-9(17)10-15-16-11(13)18-10/h3-4H,1-2H3,(H,14,17). The molecule has 0 fully saturated rings. The highest BCUT2D eigenvalue weighted by molar-refractivity contribution is 9.10. The Morgan fingerprint density at radius 2 is 2.11 bits per heavy atom. The Hall–Kier alpha value is -0.980. The van der Waals surface area contributed by atoms with Crippen molar-refractivity contribution in [2.24, 2.45) is 0 Å². The first-order chi connectivity index (χ1) is 8.47. The fraction of sp³-hybridized carbons (Fsp3) is 0.182. The average molecular weight is 347 g/mol. The van der Waals surface area contributed by atoms with Crippen molar-refractivity contribution in [1.82, 2.24) is 10.2 Å². The maximum Gasteiger partial charge on any atom is 0.286 e. The monoisotopic (exact) mass is 345 g/mol. The Bertz CT molecular complexity index is 591. The molecule has 0 aliphatic rings. The number of aryl methyl sites for hydroxylation is 2. The minimum atomic E-state index is -0.313. The topological polar surface area (TPSA) is 54.9 Å². The summed E-state index contributed by atoms with van der Waals surface area (Å²) in [5.41, 5.74) is 2.83. The van der Waals surface area contributed by atoms with Gasteiger partial charge in [0.25, 0.3) is 5.91 Å². The Morgan fingerprint density at radius 3 is 2.67 bits per heavy atom. The lowest BCUT2D eigenvalue weighted by molar-refractivity contribution is 0.102. The summed E-state index contributed by atoms with van der Waals surface area (Å²) < 4.78 is 1.09. The van der Waals surface area contributed by atoms with Crippen LogP contribution in [0.25, 0.3) is 0 Å². The molecule has 7 heteroatoms. The van der Waals surface area contributed by atoms with E-state index in [0.29, 0.717) is 0 Å². The maximum absolute atomic E-state index is 11.9. The van der Waals surface area contributed by atoms with Gasteiger partial charge in [0.2, 0.25) is 9.47 Å². The van der Waals surface area contributed by atoms with E-state index in [0.717, 1.165) is 32.6 Å². The third-order valence-corrected chi connectivity index (χ3v) is 3.91. The van der Waals surface area contributed by atoms with E-state index in [1.807, 2.05) is 26.0 Å². The number of hydrogen-bond donors (Lipinski definition) is 1. The van der Waals surface area contributed by atoms with Crippen molar-refractivity contribution < 1.29 is 4.79 Å².